The number of aliphatic hydroxyl groups is 2. The molecule has 0 fully saturated rings. The Kier molecular flexibility index (Phi) is 24.1. The summed E-state index contributed by atoms with van der Waals surface area (Å²) >= 11 is 0. The van der Waals surface area contributed by atoms with Gasteiger partial charge in [0.25, 0.3) is 0 Å². The monoisotopic (exact) mass is 412 g/mol. The Morgan fingerprint density at radius 3 is 0.828 bits per heavy atom. The van der Waals surface area contributed by atoms with Gasteiger partial charge in [-0.2, -0.15) is 0 Å². The van der Waals surface area contributed by atoms with Crippen molar-refractivity contribution in [2.45, 2.75) is 174 Å². The Morgan fingerprint density at radius 1 is 0.345 bits per heavy atom. The third kappa shape index (κ3) is 22.4. The lowest BCUT2D eigenvalue weighted by molar-refractivity contribution is 0.00713. The van der Waals surface area contributed by atoms with Gasteiger partial charge in [-0.25, -0.2) is 0 Å². The fourth-order valence-electron chi connectivity index (χ4n) is 4.24. The van der Waals surface area contributed by atoms with Crippen LogP contribution >= 0.6 is 0 Å². The van der Waals surface area contributed by atoms with E-state index in [4.69, 9.17) is 0 Å². The van der Waals surface area contributed by atoms with Gasteiger partial charge in [-0.05, 0) is 12.8 Å². The molecule has 0 saturated heterocycles. The standard InChI is InChI=1S/C27H56O2/c1-3-5-7-9-10-11-12-13-14-15-16-17-18-19-20-21-23-25-27(29)26(28)24-22-8-6-4-2/h26-29H,3-25H2,1-2H3/t26-,27+/m1/s1. The van der Waals surface area contributed by atoms with Crippen molar-refractivity contribution in [3.63, 3.8) is 0 Å². The molecule has 0 aromatic rings. The van der Waals surface area contributed by atoms with E-state index in [1.54, 1.807) is 0 Å². The Hall–Kier alpha value is -0.0800. The molecule has 0 aliphatic carbocycles. The second-order valence-electron chi connectivity index (χ2n) is 9.43. The molecule has 0 saturated carbocycles. The van der Waals surface area contributed by atoms with E-state index in [0.29, 0.717) is 0 Å². The Bertz CT molecular complexity index is 292. The van der Waals surface area contributed by atoms with E-state index in [-0.39, 0.29) is 0 Å². The summed E-state index contributed by atoms with van der Waals surface area (Å²) in [5, 5.41) is 20.1. The highest BCUT2D eigenvalue weighted by Gasteiger charge is 2.14. The summed E-state index contributed by atoms with van der Waals surface area (Å²) in [4.78, 5) is 0. The second-order valence-corrected chi connectivity index (χ2v) is 9.43. The zero-order valence-electron chi connectivity index (χ0n) is 20.3. The maximum atomic E-state index is 10.0. The Morgan fingerprint density at radius 2 is 0.552 bits per heavy atom. The minimum Gasteiger partial charge on any atom is -0.390 e. The van der Waals surface area contributed by atoms with Crippen molar-refractivity contribution in [2.24, 2.45) is 0 Å². The third-order valence-electron chi connectivity index (χ3n) is 6.40. The minimum atomic E-state index is -0.507. The van der Waals surface area contributed by atoms with Crippen LogP contribution in [0.5, 0.6) is 0 Å². The Labute approximate surface area is 184 Å². The molecular formula is C27H56O2. The normalized spacial score (nSPS) is 13.7. The zero-order valence-corrected chi connectivity index (χ0v) is 20.3. The number of rotatable bonds is 24. The topological polar surface area (TPSA) is 40.5 Å². The number of unbranched alkanes of at least 4 members (excludes halogenated alkanes) is 19. The summed E-state index contributed by atoms with van der Waals surface area (Å²) in [7, 11) is 0. The molecule has 0 bridgehead atoms. The van der Waals surface area contributed by atoms with Crippen molar-refractivity contribution in [1.82, 2.24) is 0 Å². The molecule has 2 atom stereocenters. The van der Waals surface area contributed by atoms with E-state index in [9.17, 15) is 10.2 Å². The lowest BCUT2D eigenvalue weighted by Gasteiger charge is -2.17. The predicted octanol–water partition coefficient (Wildman–Crippen LogP) is 8.72. The van der Waals surface area contributed by atoms with Crippen LogP contribution in [0.3, 0.4) is 0 Å². The van der Waals surface area contributed by atoms with E-state index in [2.05, 4.69) is 13.8 Å². The molecule has 0 rings (SSSR count). The van der Waals surface area contributed by atoms with E-state index < -0.39 is 12.2 Å². The molecule has 0 radical (unpaired) electrons. The Balaban J connectivity index is 3.19. The summed E-state index contributed by atoms with van der Waals surface area (Å²) in [6, 6.07) is 0. The van der Waals surface area contributed by atoms with Gasteiger partial charge < -0.3 is 10.2 Å². The average molecular weight is 413 g/mol. The first-order valence-corrected chi connectivity index (χ1v) is 13.6. The molecule has 0 aromatic carbocycles. The molecule has 0 unspecified atom stereocenters. The first-order valence-electron chi connectivity index (χ1n) is 13.6. The van der Waals surface area contributed by atoms with Crippen molar-refractivity contribution in [3.8, 4) is 0 Å². The van der Waals surface area contributed by atoms with Gasteiger partial charge in [-0.3, -0.25) is 0 Å². The fraction of sp³-hybridized carbons (Fsp3) is 1.00. The summed E-state index contributed by atoms with van der Waals surface area (Å²) in [6.45, 7) is 4.48. The zero-order chi connectivity index (χ0) is 21.4. The van der Waals surface area contributed by atoms with Crippen LogP contribution in [0, 0.1) is 0 Å². The molecule has 176 valence electrons. The highest BCUT2D eigenvalue weighted by Crippen LogP contribution is 2.16. The largest absolute Gasteiger partial charge is 0.390 e. The molecule has 29 heavy (non-hydrogen) atoms. The van der Waals surface area contributed by atoms with Crippen LogP contribution in [0.4, 0.5) is 0 Å². The summed E-state index contributed by atoms with van der Waals surface area (Å²) in [6.07, 6.45) is 28.6. The van der Waals surface area contributed by atoms with Crippen LogP contribution in [0.25, 0.3) is 0 Å². The first-order chi connectivity index (χ1) is 14.2. The van der Waals surface area contributed by atoms with Crippen LogP contribution in [0.15, 0.2) is 0 Å². The fourth-order valence-corrected chi connectivity index (χ4v) is 4.24. The maximum absolute atomic E-state index is 10.0. The van der Waals surface area contributed by atoms with Gasteiger partial charge in [0, 0.05) is 0 Å². The van der Waals surface area contributed by atoms with Crippen molar-refractivity contribution in [3.05, 3.63) is 0 Å². The van der Waals surface area contributed by atoms with Crippen LogP contribution < -0.4 is 0 Å². The summed E-state index contributed by atoms with van der Waals surface area (Å²) < 4.78 is 0. The second kappa shape index (κ2) is 24.2. The van der Waals surface area contributed by atoms with Gasteiger partial charge in [-0.15, -0.1) is 0 Å². The SMILES string of the molecule is CCCCCCCCCCCCCCCCCCC[C@H](O)[C@H](O)CCCCCC. The van der Waals surface area contributed by atoms with E-state index in [1.165, 1.54) is 122 Å². The molecule has 2 N–H and O–H groups in total. The van der Waals surface area contributed by atoms with Crippen molar-refractivity contribution >= 4 is 0 Å². The lowest BCUT2D eigenvalue weighted by atomic mass is 9.99. The van der Waals surface area contributed by atoms with Gasteiger partial charge in [0.2, 0.25) is 0 Å². The van der Waals surface area contributed by atoms with Crippen LogP contribution in [-0.2, 0) is 0 Å². The molecular weight excluding hydrogens is 356 g/mol. The van der Waals surface area contributed by atoms with E-state index in [0.717, 1.165) is 25.7 Å². The molecule has 0 spiro atoms. The predicted molar refractivity (Wildman–Crippen MR) is 130 cm³/mol. The van der Waals surface area contributed by atoms with Gasteiger partial charge in [0.05, 0.1) is 12.2 Å². The molecule has 0 aliphatic rings. The molecule has 2 nitrogen and oxygen atoms in total. The third-order valence-corrected chi connectivity index (χ3v) is 6.40. The highest BCUT2D eigenvalue weighted by atomic mass is 16.3. The van der Waals surface area contributed by atoms with Gasteiger partial charge >= 0.3 is 0 Å². The van der Waals surface area contributed by atoms with E-state index >= 15 is 0 Å². The average Bonchev–Trinajstić information content (AvgIpc) is 2.73. The van der Waals surface area contributed by atoms with Gasteiger partial charge in [0.1, 0.15) is 0 Å². The van der Waals surface area contributed by atoms with Crippen molar-refractivity contribution in [1.29, 1.82) is 0 Å². The highest BCUT2D eigenvalue weighted by molar-refractivity contribution is 4.67. The molecule has 0 heterocycles. The molecule has 0 aromatic heterocycles. The molecule has 2 heteroatoms. The quantitative estimate of drug-likeness (QED) is 0.156. The lowest BCUT2D eigenvalue weighted by Crippen LogP contribution is -2.25. The number of aliphatic hydroxyl groups excluding tert-OH is 2. The van der Waals surface area contributed by atoms with Crippen LogP contribution in [0.1, 0.15) is 162 Å². The van der Waals surface area contributed by atoms with Crippen LogP contribution in [-0.4, -0.2) is 22.4 Å². The maximum Gasteiger partial charge on any atom is 0.0799 e. The van der Waals surface area contributed by atoms with Gasteiger partial charge in [-0.1, -0.05) is 149 Å². The first kappa shape index (κ1) is 28.9. The van der Waals surface area contributed by atoms with E-state index in [1.807, 2.05) is 0 Å². The number of hydrogen-bond donors (Lipinski definition) is 2. The van der Waals surface area contributed by atoms with Crippen LogP contribution in [0.2, 0.25) is 0 Å². The minimum absolute atomic E-state index is 0.507. The smallest absolute Gasteiger partial charge is 0.0799 e. The summed E-state index contributed by atoms with van der Waals surface area (Å²) in [5.41, 5.74) is 0. The van der Waals surface area contributed by atoms with Crippen molar-refractivity contribution in [2.75, 3.05) is 0 Å². The van der Waals surface area contributed by atoms with Crippen molar-refractivity contribution < 1.29 is 10.2 Å². The number of hydrogen-bond acceptors (Lipinski definition) is 2. The molecule has 0 amide bonds. The molecule has 0 aliphatic heterocycles. The summed E-state index contributed by atoms with van der Waals surface area (Å²) in [5.74, 6) is 0. The van der Waals surface area contributed by atoms with Gasteiger partial charge in [0.15, 0.2) is 0 Å².